The highest BCUT2D eigenvalue weighted by Crippen LogP contribution is 2.24. The molecule has 18 heavy (non-hydrogen) atoms. The third kappa shape index (κ3) is 2.78. The second-order valence-electron chi connectivity index (χ2n) is 4.21. The summed E-state index contributed by atoms with van der Waals surface area (Å²) in [5.74, 6) is 0. The van der Waals surface area contributed by atoms with Crippen LogP contribution in [0.2, 0.25) is 5.02 Å². The summed E-state index contributed by atoms with van der Waals surface area (Å²) in [6.07, 6.45) is 4.84. The van der Waals surface area contributed by atoms with Gasteiger partial charge in [0, 0.05) is 23.1 Å². The minimum absolute atomic E-state index is 0.0890. The van der Waals surface area contributed by atoms with Crippen LogP contribution >= 0.6 is 11.6 Å². The topological polar surface area (TPSA) is 58.0 Å². The Morgan fingerprint density at radius 3 is 2.56 bits per heavy atom. The molecule has 1 unspecified atom stereocenters. The molecule has 0 fully saturated rings. The summed E-state index contributed by atoms with van der Waals surface area (Å²) in [5, 5.41) is 13.5. The summed E-state index contributed by atoms with van der Waals surface area (Å²) >= 11 is 5.83. The third-order valence-corrected chi connectivity index (χ3v) is 2.96. The molecule has 2 rings (SSSR count). The molecule has 0 aliphatic heterocycles. The molecule has 0 radical (unpaired) electrons. The largest absolute Gasteiger partial charge is 0.394 e. The highest BCUT2D eigenvalue weighted by molar-refractivity contribution is 6.30. The zero-order valence-corrected chi connectivity index (χ0v) is 10.7. The van der Waals surface area contributed by atoms with Gasteiger partial charge in [-0.3, -0.25) is 9.97 Å². The van der Waals surface area contributed by atoms with Gasteiger partial charge in [-0.1, -0.05) is 11.6 Å². The summed E-state index contributed by atoms with van der Waals surface area (Å²) in [7, 11) is 0. The number of nitrogens with zero attached hydrogens (tertiary/aromatic N) is 2. The Bertz CT molecular complexity index is 503. The average Bonchev–Trinajstić information content (AvgIpc) is 2.42. The smallest absolute Gasteiger partial charge is 0.102 e. The lowest BCUT2D eigenvalue weighted by Gasteiger charge is -2.29. The number of anilines is 1. The van der Waals surface area contributed by atoms with Gasteiger partial charge in [0.1, 0.15) is 5.54 Å². The second kappa shape index (κ2) is 5.33. The van der Waals surface area contributed by atoms with Gasteiger partial charge in [-0.25, -0.2) is 0 Å². The van der Waals surface area contributed by atoms with E-state index in [1.54, 1.807) is 30.7 Å². The predicted octanol–water partition coefficient (Wildman–Crippen LogP) is 2.45. The normalized spacial score (nSPS) is 13.9. The van der Waals surface area contributed by atoms with Crippen LogP contribution < -0.4 is 5.32 Å². The fourth-order valence-electron chi connectivity index (χ4n) is 1.62. The second-order valence-corrected chi connectivity index (χ2v) is 4.65. The van der Waals surface area contributed by atoms with Gasteiger partial charge in [0.05, 0.1) is 18.5 Å². The number of halogens is 1. The zero-order chi connectivity index (χ0) is 13.0. The molecular weight excluding hydrogens is 250 g/mol. The Morgan fingerprint density at radius 1 is 1.28 bits per heavy atom. The van der Waals surface area contributed by atoms with Crippen LogP contribution in [0.5, 0.6) is 0 Å². The van der Waals surface area contributed by atoms with Crippen molar-refractivity contribution in [3.8, 4) is 0 Å². The molecule has 2 N–H and O–H groups in total. The first kappa shape index (κ1) is 12.8. The molecule has 1 aromatic carbocycles. The standard InChI is InChI=1S/C13H14ClN3O/c1-13(9-18,12-8-15-6-7-16-12)17-11-4-2-10(14)3-5-11/h2-8,17-18H,9H2,1H3. The van der Waals surface area contributed by atoms with Gasteiger partial charge in [-0.15, -0.1) is 0 Å². The van der Waals surface area contributed by atoms with Crippen molar-refractivity contribution >= 4 is 17.3 Å². The molecule has 0 spiro atoms. The SMILES string of the molecule is CC(CO)(Nc1ccc(Cl)cc1)c1cnccn1. The van der Waals surface area contributed by atoms with E-state index in [9.17, 15) is 5.11 Å². The van der Waals surface area contributed by atoms with Gasteiger partial charge >= 0.3 is 0 Å². The van der Waals surface area contributed by atoms with Crippen LogP contribution in [0, 0.1) is 0 Å². The van der Waals surface area contributed by atoms with E-state index in [2.05, 4.69) is 15.3 Å². The molecule has 1 atom stereocenters. The van der Waals surface area contributed by atoms with Crippen molar-refractivity contribution in [3.63, 3.8) is 0 Å². The van der Waals surface area contributed by atoms with E-state index in [1.807, 2.05) is 19.1 Å². The number of rotatable bonds is 4. The maximum absolute atomic E-state index is 9.60. The van der Waals surface area contributed by atoms with Gasteiger partial charge in [0.15, 0.2) is 0 Å². The lowest BCUT2D eigenvalue weighted by molar-refractivity contribution is 0.220. The number of aromatic nitrogens is 2. The van der Waals surface area contributed by atoms with Gasteiger partial charge in [-0.2, -0.15) is 0 Å². The van der Waals surface area contributed by atoms with E-state index in [4.69, 9.17) is 11.6 Å². The molecule has 1 heterocycles. The van der Waals surface area contributed by atoms with Crippen molar-refractivity contribution in [3.05, 3.63) is 53.6 Å². The fraction of sp³-hybridized carbons (Fsp3) is 0.231. The summed E-state index contributed by atoms with van der Waals surface area (Å²) in [4.78, 5) is 8.24. The molecule has 2 aromatic rings. The van der Waals surface area contributed by atoms with Crippen molar-refractivity contribution in [2.45, 2.75) is 12.5 Å². The summed E-state index contributed by atoms with van der Waals surface area (Å²) in [6, 6.07) is 7.29. The van der Waals surface area contributed by atoms with E-state index in [0.29, 0.717) is 10.7 Å². The minimum atomic E-state index is -0.678. The van der Waals surface area contributed by atoms with Crippen molar-refractivity contribution in [1.82, 2.24) is 9.97 Å². The molecule has 0 bridgehead atoms. The number of hydrogen-bond acceptors (Lipinski definition) is 4. The van der Waals surface area contributed by atoms with Crippen molar-refractivity contribution in [2.75, 3.05) is 11.9 Å². The Hall–Kier alpha value is -1.65. The fourth-order valence-corrected chi connectivity index (χ4v) is 1.75. The molecule has 4 nitrogen and oxygen atoms in total. The summed E-state index contributed by atoms with van der Waals surface area (Å²) in [5.41, 5.74) is 0.867. The maximum Gasteiger partial charge on any atom is 0.102 e. The van der Waals surface area contributed by atoms with E-state index in [1.165, 1.54) is 0 Å². The average molecular weight is 264 g/mol. The first-order valence-corrected chi connectivity index (χ1v) is 5.93. The molecule has 0 saturated carbocycles. The van der Waals surface area contributed by atoms with Crippen LogP contribution in [0.15, 0.2) is 42.9 Å². The molecule has 1 aromatic heterocycles. The van der Waals surface area contributed by atoms with Gasteiger partial charge in [0.25, 0.3) is 0 Å². The van der Waals surface area contributed by atoms with Gasteiger partial charge in [0.2, 0.25) is 0 Å². The molecule has 5 heteroatoms. The van der Waals surface area contributed by atoms with E-state index < -0.39 is 5.54 Å². The minimum Gasteiger partial charge on any atom is -0.394 e. The number of aliphatic hydroxyl groups is 1. The highest BCUT2D eigenvalue weighted by atomic mass is 35.5. The van der Waals surface area contributed by atoms with Crippen LogP contribution in [0.25, 0.3) is 0 Å². The van der Waals surface area contributed by atoms with E-state index >= 15 is 0 Å². The lowest BCUT2D eigenvalue weighted by Crippen LogP contribution is -2.36. The highest BCUT2D eigenvalue weighted by Gasteiger charge is 2.27. The monoisotopic (exact) mass is 263 g/mol. The molecule has 0 saturated heterocycles. The predicted molar refractivity (Wildman–Crippen MR) is 71.5 cm³/mol. The first-order valence-electron chi connectivity index (χ1n) is 5.55. The van der Waals surface area contributed by atoms with Crippen molar-refractivity contribution in [1.29, 1.82) is 0 Å². The number of aliphatic hydroxyl groups excluding tert-OH is 1. The van der Waals surface area contributed by atoms with Crippen LogP contribution in [0.3, 0.4) is 0 Å². The first-order chi connectivity index (χ1) is 8.64. The Balaban J connectivity index is 2.26. The third-order valence-electron chi connectivity index (χ3n) is 2.71. The number of nitrogens with one attached hydrogen (secondary N) is 1. The van der Waals surface area contributed by atoms with Crippen molar-refractivity contribution in [2.24, 2.45) is 0 Å². The van der Waals surface area contributed by atoms with Gasteiger partial charge < -0.3 is 10.4 Å². The Kier molecular flexibility index (Phi) is 3.79. The molecule has 0 amide bonds. The van der Waals surface area contributed by atoms with E-state index in [0.717, 1.165) is 5.69 Å². The number of hydrogen-bond donors (Lipinski definition) is 2. The van der Waals surface area contributed by atoms with Crippen LogP contribution in [-0.2, 0) is 5.54 Å². The molecule has 0 aliphatic carbocycles. The molecule has 94 valence electrons. The molecular formula is C13H14ClN3O. The zero-order valence-electron chi connectivity index (χ0n) is 9.97. The summed E-state index contributed by atoms with van der Waals surface area (Å²) in [6.45, 7) is 1.78. The number of benzene rings is 1. The quantitative estimate of drug-likeness (QED) is 0.890. The maximum atomic E-state index is 9.60. The van der Waals surface area contributed by atoms with E-state index in [-0.39, 0.29) is 6.61 Å². The van der Waals surface area contributed by atoms with Crippen LogP contribution in [0.4, 0.5) is 5.69 Å². The molecule has 0 aliphatic rings. The van der Waals surface area contributed by atoms with Crippen molar-refractivity contribution < 1.29 is 5.11 Å². The van der Waals surface area contributed by atoms with Gasteiger partial charge in [-0.05, 0) is 31.2 Å². The van der Waals surface area contributed by atoms with Crippen LogP contribution in [-0.4, -0.2) is 21.7 Å². The Morgan fingerprint density at radius 2 is 2.00 bits per heavy atom. The Labute approximate surface area is 111 Å². The summed E-state index contributed by atoms with van der Waals surface area (Å²) < 4.78 is 0. The van der Waals surface area contributed by atoms with Crippen LogP contribution in [0.1, 0.15) is 12.6 Å². The lowest BCUT2D eigenvalue weighted by atomic mass is 9.99.